The van der Waals surface area contributed by atoms with Crippen molar-refractivity contribution in [2.45, 2.75) is 95.7 Å². The van der Waals surface area contributed by atoms with Crippen LogP contribution in [-0.2, 0) is 34.5 Å². The molecule has 0 unspecified atom stereocenters. The summed E-state index contributed by atoms with van der Waals surface area (Å²) in [7, 11) is -1.11. The molecule has 1 aromatic carbocycles. The maximum absolute atomic E-state index is 13.9. The molecule has 8 heteroatoms. The molecule has 4 heterocycles. The van der Waals surface area contributed by atoms with Gasteiger partial charge in [-0.15, -0.1) is 0 Å². The molecule has 2 aliphatic carbocycles. The number of aromatic nitrogens is 3. The van der Waals surface area contributed by atoms with Gasteiger partial charge in [-0.05, 0) is 99.8 Å². The van der Waals surface area contributed by atoms with Gasteiger partial charge in [0.2, 0.25) is 5.91 Å². The fourth-order valence-corrected chi connectivity index (χ4v) is 8.02. The van der Waals surface area contributed by atoms with Gasteiger partial charge in [-0.25, -0.2) is 4.68 Å². The lowest BCUT2D eigenvalue weighted by molar-refractivity contribution is -0.124. The van der Waals surface area contributed by atoms with Gasteiger partial charge in [0.05, 0.1) is 11.1 Å². The number of aryl methyl sites for hydroxylation is 2. The smallest absolute Gasteiger partial charge is 0.237 e. The van der Waals surface area contributed by atoms with Crippen LogP contribution in [0, 0.1) is 0 Å². The molecule has 0 atom stereocenters. The molecule has 208 valence electrons. The maximum atomic E-state index is 13.9. The first-order valence-corrected chi connectivity index (χ1v) is 18.9. The third-order valence-electron chi connectivity index (χ3n) is 9.68. The quantitative estimate of drug-likeness (QED) is 0.306. The van der Waals surface area contributed by atoms with Gasteiger partial charge in [-0.1, -0.05) is 19.6 Å². The first kappa shape index (κ1) is 25.5. The molecule has 2 aliphatic heterocycles. The molecule has 2 aromatic heterocycles. The number of amides is 1. The van der Waals surface area contributed by atoms with E-state index in [2.05, 4.69) is 59.7 Å². The lowest BCUT2D eigenvalue weighted by Gasteiger charge is -2.38. The van der Waals surface area contributed by atoms with Crippen LogP contribution in [0.4, 0.5) is 5.69 Å². The Balaban J connectivity index is 1.23. The van der Waals surface area contributed by atoms with Gasteiger partial charge >= 0.3 is 0 Å². The van der Waals surface area contributed by atoms with E-state index < -0.39 is 8.07 Å². The number of anilines is 1. The zero-order valence-electron chi connectivity index (χ0n) is 24.1. The highest BCUT2D eigenvalue weighted by Gasteiger charge is 2.53. The van der Waals surface area contributed by atoms with Crippen LogP contribution in [0.15, 0.2) is 18.3 Å². The van der Waals surface area contributed by atoms with Crippen molar-refractivity contribution in [3.05, 3.63) is 35.0 Å². The number of aromatic amines is 1. The van der Waals surface area contributed by atoms with Crippen molar-refractivity contribution < 1.29 is 9.53 Å². The first-order valence-electron chi connectivity index (χ1n) is 15.2. The number of piperidine rings is 1. The van der Waals surface area contributed by atoms with Crippen molar-refractivity contribution in [1.29, 1.82) is 0 Å². The number of hydrogen-bond acceptors (Lipinski definition) is 4. The Kier molecular flexibility index (Phi) is 6.10. The van der Waals surface area contributed by atoms with E-state index in [1.165, 1.54) is 41.0 Å². The average Bonchev–Trinajstić information content (AvgIpc) is 3.58. The van der Waals surface area contributed by atoms with Gasteiger partial charge in [-0.3, -0.25) is 4.79 Å². The second kappa shape index (κ2) is 9.31. The molecule has 1 amide bonds. The standard InChI is InChI=1S/C31H43N5O2Si/c1-5-36-27-17-24-23-8-6-7-21-19-35(20-38-15-16-39(2,3)4)33-28(21)29(23)32-26(24)18-25(27)31(30(36)37)11-13-34(14-12-31)22-9-10-22/h17-19,22,32H,5-16,20H2,1-4H3. The van der Waals surface area contributed by atoms with Crippen LogP contribution in [0.1, 0.15) is 55.7 Å². The molecule has 39 heavy (non-hydrogen) atoms. The predicted octanol–water partition coefficient (Wildman–Crippen LogP) is 5.69. The Morgan fingerprint density at radius 2 is 1.95 bits per heavy atom. The summed E-state index contributed by atoms with van der Waals surface area (Å²) in [5.41, 5.74) is 8.06. The number of hydrogen-bond donors (Lipinski definition) is 1. The topological polar surface area (TPSA) is 66.4 Å². The number of likely N-dealkylation sites (N-methyl/N-ethyl adjacent to an activating group) is 1. The minimum atomic E-state index is -1.11. The average molecular weight is 546 g/mol. The highest BCUT2D eigenvalue weighted by molar-refractivity contribution is 6.76. The van der Waals surface area contributed by atoms with E-state index in [-0.39, 0.29) is 5.41 Å². The van der Waals surface area contributed by atoms with Crippen LogP contribution in [0.3, 0.4) is 0 Å². The summed E-state index contributed by atoms with van der Waals surface area (Å²) < 4.78 is 8.00. The van der Waals surface area contributed by atoms with Crippen LogP contribution in [0.5, 0.6) is 0 Å². The first-order chi connectivity index (χ1) is 18.8. The van der Waals surface area contributed by atoms with Gasteiger partial charge in [0.25, 0.3) is 0 Å². The third kappa shape index (κ3) is 4.30. The number of likely N-dealkylation sites (tertiary alicyclic amines) is 1. The van der Waals surface area contributed by atoms with Crippen LogP contribution < -0.4 is 4.90 Å². The zero-order valence-corrected chi connectivity index (χ0v) is 25.1. The van der Waals surface area contributed by atoms with E-state index in [0.29, 0.717) is 12.6 Å². The minimum Gasteiger partial charge on any atom is -0.360 e. The summed E-state index contributed by atoms with van der Waals surface area (Å²) >= 11 is 0. The van der Waals surface area contributed by atoms with Crippen LogP contribution >= 0.6 is 0 Å². The Morgan fingerprint density at radius 3 is 2.67 bits per heavy atom. The number of fused-ring (bicyclic) bond motifs is 7. The van der Waals surface area contributed by atoms with Crippen molar-refractivity contribution >= 4 is 30.6 Å². The predicted molar refractivity (Wildman–Crippen MR) is 159 cm³/mol. The Morgan fingerprint density at radius 1 is 1.15 bits per heavy atom. The molecule has 2 fully saturated rings. The maximum Gasteiger partial charge on any atom is 0.237 e. The molecule has 7 nitrogen and oxygen atoms in total. The number of nitrogens with one attached hydrogen (secondary N) is 1. The van der Waals surface area contributed by atoms with Crippen LogP contribution in [0.2, 0.25) is 25.7 Å². The number of carbonyl (C=O) groups excluding carboxylic acids is 1. The number of carbonyl (C=O) groups is 1. The van der Waals surface area contributed by atoms with Crippen molar-refractivity contribution in [1.82, 2.24) is 19.7 Å². The zero-order chi connectivity index (χ0) is 26.9. The number of ether oxygens (including phenoxy) is 1. The molecular formula is C31H43N5O2Si. The molecule has 1 saturated heterocycles. The summed E-state index contributed by atoms with van der Waals surface area (Å²) in [4.78, 5) is 22.4. The highest BCUT2D eigenvalue weighted by atomic mass is 28.3. The molecule has 0 bridgehead atoms. The summed E-state index contributed by atoms with van der Waals surface area (Å²) in [5.74, 6) is 0.323. The SMILES string of the molecule is CCN1C(=O)C2(CCN(C3CC3)CC2)c2cc3[nH]c4c(c3cc21)CCCc1cn(COCC[Si](C)(C)C)nc1-4. The van der Waals surface area contributed by atoms with E-state index in [1.807, 2.05) is 4.68 Å². The number of benzene rings is 1. The lowest BCUT2D eigenvalue weighted by Crippen LogP contribution is -2.49. The number of rotatable bonds is 7. The van der Waals surface area contributed by atoms with Gasteiger partial charge < -0.3 is 19.5 Å². The molecule has 7 rings (SSSR count). The Hall–Kier alpha value is -2.42. The van der Waals surface area contributed by atoms with E-state index in [0.717, 1.165) is 87.0 Å². The van der Waals surface area contributed by atoms with Gasteiger partial charge in [-0.2, -0.15) is 5.10 Å². The highest BCUT2D eigenvalue weighted by Crippen LogP contribution is 2.51. The molecule has 0 radical (unpaired) electrons. The van der Waals surface area contributed by atoms with Crippen molar-refractivity contribution in [2.24, 2.45) is 0 Å². The van der Waals surface area contributed by atoms with Crippen molar-refractivity contribution in [3.63, 3.8) is 0 Å². The Labute approximate surface area is 232 Å². The minimum absolute atomic E-state index is 0.323. The van der Waals surface area contributed by atoms with Gasteiger partial charge in [0, 0.05) is 50.1 Å². The second-order valence-electron chi connectivity index (χ2n) is 13.5. The van der Waals surface area contributed by atoms with Crippen LogP contribution in [0.25, 0.3) is 22.3 Å². The molecule has 1 N–H and O–H groups in total. The second-order valence-corrected chi connectivity index (χ2v) is 19.2. The van der Waals surface area contributed by atoms with E-state index in [4.69, 9.17) is 9.84 Å². The van der Waals surface area contributed by atoms with E-state index in [9.17, 15) is 4.79 Å². The number of nitrogens with zero attached hydrogens (tertiary/aromatic N) is 4. The summed E-state index contributed by atoms with van der Waals surface area (Å²) in [6, 6.07) is 6.59. The molecule has 1 saturated carbocycles. The third-order valence-corrected chi connectivity index (χ3v) is 11.4. The Bertz CT molecular complexity index is 1420. The molecule has 4 aliphatic rings. The largest absolute Gasteiger partial charge is 0.360 e. The summed E-state index contributed by atoms with van der Waals surface area (Å²) in [6.07, 6.45) is 9.87. The normalized spacial score (nSPS) is 20.9. The van der Waals surface area contributed by atoms with E-state index >= 15 is 0 Å². The van der Waals surface area contributed by atoms with Gasteiger partial charge in [0.15, 0.2) is 0 Å². The van der Waals surface area contributed by atoms with E-state index in [1.54, 1.807) is 0 Å². The number of H-pyrrole nitrogens is 1. The molecule has 3 aromatic rings. The van der Waals surface area contributed by atoms with Crippen LogP contribution in [-0.4, -0.2) is 65.9 Å². The van der Waals surface area contributed by atoms with Crippen molar-refractivity contribution in [3.8, 4) is 11.4 Å². The van der Waals surface area contributed by atoms with Gasteiger partial charge in [0.1, 0.15) is 12.4 Å². The monoisotopic (exact) mass is 545 g/mol. The lowest BCUT2D eigenvalue weighted by atomic mass is 9.73. The molecular weight excluding hydrogens is 502 g/mol. The fourth-order valence-electron chi connectivity index (χ4n) is 7.26. The fraction of sp³-hybridized carbons (Fsp3) is 0.613. The summed E-state index contributed by atoms with van der Waals surface area (Å²) in [6.45, 7) is 13.4. The summed E-state index contributed by atoms with van der Waals surface area (Å²) in [5, 5.41) is 6.28. The van der Waals surface area contributed by atoms with Crippen molar-refractivity contribution in [2.75, 3.05) is 31.1 Å². The molecule has 1 spiro atoms.